The van der Waals surface area contributed by atoms with Crippen molar-refractivity contribution in [3.8, 4) is 11.5 Å². The van der Waals surface area contributed by atoms with E-state index in [1.165, 1.54) is 0 Å². The fourth-order valence-electron chi connectivity index (χ4n) is 3.45. The Balaban J connectivity index is 1.90. The molecule has 2 aromatic rings. The van der Waals surface area contributed by atoms with E-state index in [9.17, 15) is 8.42 Å². The highest BCUT2D eigenvalue weighted by Gasteiger charge is 2.34. The molecule has 1 aliphatic rings. The number of benzene rings is 2. The Morgan fingerprint density at radius 2 is 1.70 bits per heavy atom. The largest absolute Gasteiger partial charge is 0.497 e. The fraction of sp³-hybridized carbons (Fsp3) is 0.400. The Hall–Kier alpha value is -2.09. The molecule has 1 heterocycles. The third-order valence-corrected chi connectivity index (χ3v) is 7.11. The minimum Gasteiger partial charge on any atom is -0.497 e. The highest BCUT2D eigenvalue weighted by atomic mass is 32.2. The summed E-state index contributed by atoms with van der Waals surface area (Å²) in [6.07, 6.45) is 0. The Labute approximate surface area is 161 Å². The number of hydrogen-bond acceptors (Lipinski definition) is 5. The van der Waals surface area contributed by atoms with Crippen LogP contribution in [0.1, 0.15) is 17.2 Å². The van der Waals surface area contributed by atoms with Gasteiger partial charge < -0.3 is 9.47 Å². The van der Waals surface area contributed by atoms with E-state index >= 15 is 0 Å². The van der Waals surface area contributed by atoms with Crippen LogP contribution in [0.25, 0.3) is 0 Å². The summed E-state index contributed by atoms with van der Waals surface area (Å²) in [5.41, 5.74) is 1.73. The van der Waals surface area contributed by atoms with Crippen LogP contribution in [-0.4, -0.2) is 58.5 Å². The van der Waals surface area contributed by atoms with Gasteiger partial charge in [-0.1, -0.05) is 12.1 Å². The van der Waals surface area contributed by atoms with Crippen LogP contribution in [0.2, 0.25) is 0 Å². The molecule has 2 aromatic carbocycles. The Morgan fingerprint density at radius 1 is 1.00 bits per heavy atom. The summed E-state index contributed by atoms with van der Waals surface area (Å²) < 4.78 is 38.6. The van der Waals surface area contributed by atoms with E-state index in [4.69, 9.17) is 9.47 Å². The normalized spacial score (nSPS) is 19.0. The zero-order chi connectivity index (χ0) is 19.6. The van der Waals surface area contributed by atoms with Crippen LogP contribution >= 0.6 is 0 Å². The minimum atomic E-state index is -3.58. The lowest BCUT2D eigenvalue weighted by Crippen LogP contribution is -2.49. The zero-order valence-corrected chi connectivity index (χ0v) is 17.0. The second-order valence-corrected chi connectivity index (χ2v) is 8.67. The van der Waals surface area contributed by atoms with E-state index in [2.05, 4.69) is 4.90 Å². The number of methoxy groups -OCH3 is 2. The van der Waals surface area contributed by atoms with Gasteiger partial charge in [0.1, 0.15) is 11.5 Å². The molecular formula is C20H26N2O4S. The summed E-state index contributed by atoms with van der Waals surface area (Å²) in [5, 5.41) is 0. The summed E-state index contributed by atoms with van der Waals surface area (Å²) in [4.78, 5) is 2.51. The first-order chi connectivity index (χ1) is 12.9. The van der Waals surface area contributed by atoms with Gasteiger partial charge in [-0.2, -0.15) is 4.31 Å². The maximum Gasteiger partial charge on any atom is 0.243 e. The van der Waals surface area contributed by atoms with Crippen molar-refractivity contribution in [2.75, 3.05) is 40.9 Å². The number of nitrogens with zero attached hydrogens (tertiary/aromatic N) is 2. The summed E-state index contributed by atoms with van der Waals surface area (Å²) in [7, 11) is 1.65. The molecule has 0 aliphatic carbocycles. The van der Waals surface area contributed by atoms with E-state index in [0.29, 0.717) is 35.8 Å². The molecule has 0 saturated carbocycles. The van der Waals surface area contributed by atoms with Gasteiger partial charge in [-0.05, 0) is 55.4 Å². The first-order valence-electron chi connectivity index (χ1n) is 8.86. The molecule has 1 unspecified atom stereocenters. The van der Waals surface area contributed by atoms with Crippen LogP contribution in [0.5, 0.6) is 11.5 Å². The monoisotopic (exact) mass is 390 g/mol. The van der Waals surface area contributed by atoms with Gasteiger partial charge in [-0.25, -0.2) is 8.42 Å². The lowest BCUT2D eigenvalue weighted by molar-refractivity contribution is 0.148. The lowest BCUT2D eigenvalue weighted by atomic mass is 10.0. The first kappa shape index (κ1) is 19.7. The third-order valence-electron chi connectivity index (χ3n) is 5.09. The van der Waals surface area contributed by atoms with Crippen LogP contribution in [0.15, 0.2) is 47.4 Å². The van der Waals surface area contributed by atoms with Crippen LogP contribution in [-0.2, 0) is 10.0 Å². The fourth-order valence-corrected chi connectivity index (χ4v) is 5.10. The van der Waals surface area contributed by atoms with Crippen molar-refractivity contribution in [3.05, 3.63) is 53.6 Å². The molecule has 6 nitrogen and oxygen atoms in total. The van der Waals surface area contributed by atoms with Crippen LogP contribution in [0.4, 0.5) is 0 Å². The summed E-state index contributed by atoms with van der Waals surface area (Å²) in [6, 6.07) is 12.8. The Kier molecular flexibility index (Phi) is 5.74. The van der Waals surface area contributed by atoms with Crippen LogP contribution in [0.3, 0.4) is 0 Å². The molecule has 0 spiro atoms. The van der Waals surface area contributed by atoms with E-state index in [0.717, 1.165) is 11.3 Å². The highest BCUT2D eigenvalue weighted by molar-refractivity contribution is 7.89. The standard InChI is InChI=1S/C20H26N2O4S/c1-15-12-18(26-4)8-9-20(15)27(23,24)22-11-10-21(2)19(14-22)16-6-5-7-17(13-16)25-3/h5-9,12-13,19H,10-11,14H2,1-4H3. The van der Waals surface area contributed by atoms with Crippen molar-refractivity contribution in [2.24, 2.45) is 0 Å². The second-order valence-electron chi connectivity index (χ2n) is 6.77. The first-order valence-corrected chi connectivity index (χ1v) is 10.3. The minimum absolute atomic E-state index is 0.0258. The van der Waals surface area contributed by atoms with Crippen molar-refractivity contribution in [1.82, 2.24) is 9.21 Å². The average molecular weight is 391 g/mol. The average Bonchev–Trinajstić information content (AvgIpc) is 2.67. The number of sulfonamides is 1. The maximum atomic E-state index is 13.3. The summed E-state index contributed by atoms with van der Waals surface area (Å²) in [5.74, 6) is 1.42. The van der Waals surface area contributed by atoms with Crippen molar-refractivity contribution in [2.45, 2.75) is 17.9 Å². The van der Waals surface area contributed by atoms with Gasteiger partial charge in [0.2, 0.25) is 10.0 Å². The molecule has 27 heavy (non-hydrogen) atoms. The molecule has 0 amide bonds. The van der Waals surface area contributed by atoms with Gasteiger partial charge in [-0.15, -0.1) is 0 Å². The van der Waals surface area contributed by atoms with Gasteiger partial charge in [0.25, 0.3) is 0 Å². The third kappa shape index (κ3) is 3.95. The molecule has 1 aliphatic heterocycles. The molecule has 1 atom stereocenters. The molecular weight excluding hydrogens is 364 g/mol. The van der Waals surface area contributed by atoms with E-state index in [1.54, 1.807) is 43.6 Å². The quantitative estimate of drug-likeness (QED) is 0.786. The Morgan fingerprint density at radius 3 is 2.37 bits per heavy atom. The van der Waals surface area contributed by atoms with Crippen molar-refractivity contribution < 1.29 is 17.9 Å². The SMILES string of the molecule is COc1cccc(C2CN(S(=O)(=O)c3ccc(OC)cc3C)CCN2C)c1. The second kappa shape index (κ2) is 7.88. The number of rotatable bonds is 5. The molecule has 3 rings (SSSR count). The molecule has 0 N–H and O–H groups in total. The Bertz CT molecular complexity index is 914. The van der Waals surface area contributed by atoms with Crippen LogP contribution in [0, 0.1) is 6.92 Å². The molecule has 0 radical (unpaired) electrons. The summed E-state index contributed by atoms with van der Waals surface area (Å²) in [6.45, 7) is 3.32. The van der Waals surface area contributed by atoms with Crippen molar-refractivity contribution in [1.29, 1.82) is 0 Å². The van der Waals surface area contributed by atoms with E-state index < -0.39 is 10.0 Å². The van der Waals surface area contributed by atoms with E-state index in [1.807, 2.05) is 31.3 Å². The topological polar surface area (TPSA) is 59.1 Å². The van der Waals surface area contributed by atoms with Gasteiger partial charge in [-0.3, -0.25) is 4.90 Å². The van der Waals surface area contributed by atoms with Gasteiger partial charge in [0.15, 0.2) is 0 Å². The van der Waals surface area contributed by atoms with E-state index in [-0.39, 0.29) is 6.04 Å². The van der Waals surface area contributed by atoms with Gasteiger partial charge in [0.05, 0.1) is 19.1 Å². The smallest absolute Gasteiger partial charge is 0.243 e. The molecule has 7 heteroatoms. The predicted molar refractivity (Wildman–Crippen MR) is 105 cm³/mol. The van der Waals surface area contributed by atoms with Gasteiger partial charge in [0, 0.05) is 25.7 Å². The number of likely N-dealkylation sites (N-methyl/N-ethyl adjacent to an activating group) is 1. The number of aryl methyl sites for hydroxylation is 1. The number of ether oxygens (including phenoxy) is 2. The molecule has 0 aromatic heterocycles. The zero-order valence-electron chi connectivity index (χ0n) is 16.2. The van der Waals surface area contributed by atoms with Crippen molar-refractivity contribution >= 4 is 10.0 Å². The number of piperazine rings is 1. The number of hydrogen-bond donors (Lipinski definition) is 0. The maximum absolute atomic E-state index is 13.3. The molecule has 0 bridgehead atoms. The van der Waals surface area contributed by atoms with Gasteiger partial charge >= 0.3 is 0 Å². The van der Waals surface area contributed by atoms with Crippen LogP contribution < -0.4 is 9.47 Å². The molecule has 1 saturated heterocycles. The molecule has 1 fully saturated rings. The predicted octanol–water partition coefficient (Wildman–Crippen LogP) is 2.69. The summed E-state index contributed by atoms with van der Waals surface area (Å²) >= 11 is 0. The van der Waals surface area contributed by atoms with Crippen molar-refractivity contribution in [3.63, 3.8) is 0 Å². The molecule has 146 valence electrons. The lowest BCUT2D eigenvalue weighted by Gasteiger charge is -2.39. The highest BCUT2D eigenvalue weighted by Crippen LogP contribution is 2.31.